The number of aryl methyl sites for hydroxylation is 1. The summed E-state index contributed by atoms with van der Waals surface area (Å²) in [5.41, 5.74) is 2.52. The zero-order valence-electron chi connectivity index (χ0n) is 14.3. The molecule has 2 atom stereocenters. The molecule has 2 bridgehead atoms. The van der Waals surface area contributed by atoms with Crippen LogP contribution in [-0.2, 0) is 4.79 Å². The molecule has 2 aliphatic rings. The van der Waals surface area contributed by atoms with Crippen molar-refractivity contribution in [2.75, 3.05) is 5.32 Å². The molecule has 6 heteroatoms. The highest BCUT2D eigenvalue weighted by Gasteiger charge is 2.34. The lowest BCUT2D eigenvalue weighted by molar-refractivity contribution is -0.117. The molecule has 25 heavy (non-hydrogen) atoms. The summed E-state index contributed by atoms with van der Waals surface area (Å²) in [6.07, 6.45) is 7.02. The van der Waals surface area contributed by atoms with Gasteiger partial charge in [0, 0.05) is 29.8 Å². The number of carbonyl (C=O) groups excluding carboxylic acids is 1. The van der Waals surface area contributed by atoms with E-state index in [1.165, 1.54) is 12.8 Å². The first-order valence-corrected chi connectivity index (χ1v) is 8.74. The number of benzene rings is 1. The summed E-state index contributed by atoms with van der Waals surface area (Å²) in [5.74, 6) is 1.18. The molecule has 1 aromatic carbocycles. The van der Waals surface area contributed by atoms with Gasteiger partial charge in [-0.05, 0) is 56.7 Å². The van der Waals surface area contributed by atoms with E-state index >= 15 is 0 Å². The molecule has 134 valence electrons. The number of fused-ring (bicyclic) bond motifs is 2. The maximum Gasteiger partial charge on any atom is 0.226 e. The van der Waals surface area contributed by atoms with E-state index < -0.39 is 0 Å². The van der Waals surface area contributed by atoms with Crippen molar-refractivity contribution in [2.24, 2.45) is 5.92 Å². The van der Waals surface area contributed by atoms with Crippen LogP contribution in [0.4, 0.5) is 5.69 Å². The van der Waals surface area contributed by atoms with Gasteiger partial charge in [0.2, 0.25) is 11.8 Å². The molecule has 2 aromatic rings. The van der Waals surface area contributed by atoms with E-state index in [1.54, 1.807) is 6.26 Å². The first-order valence-electron chi connectivity index (χ1n) is 8.74. The molecule has 2 saturated heterocycles. The average Bonchev–Trinajstić information content (AvgIpc) is 3.13. The zero-order chi connectivity index (χ0) is 16.5. The topological polar surface area (TPSA) is 67.2 Å². The fourth-order valence-corrected chi connectivity index (χ4v) is 4.03. The molecule has 2 N–H and O–H groups in total. The first kappa shape index (κ1) is 18.0. The third kappa shape index (κ3) is 4.22. The van der Waals surface area contributed by atoms with Crippen LogP contribution in [0.1, 0.15) is 37.8 Å². The number of oxazole rings is 1. The largest absolute Gasteiger partial charge is 0.444 e. The van der Waals surface area contributed by atoms with Crippen molar-refractivity contribution in [1.82, 2.24) is 10.3 Å². The number of amides is 1. The van der Waals surface area contributed by atoms with Crippen LogP contribution in [0.3, 0.4) is 0 Å². The number of aromatic nitrogens is 1. The van der Waals surface area contributed by atoms with Gasteiger partial charge in [0.1, 0.15) is 6.26 Å². The number of piperidine rings is 1. The average molecular weight is 362 g/mol. The van der Waals surface area contributed by atoms with Gasteiger partial charge in [0.15, 0.2) is 0 Å². The molecule has 2 unspecified atom stereocenters. The number of nitrogens with one attached hydrogen (secondary N) is 2. The SMILES string of the molecule is Cc1coc(-c2cccc(NC(=O)CC3CC4CCC(C3)N4)c2)n1.Cl. The predicted octanol–water partition coefficient (Wildman–Crippen LogP) is 3.93. The molecule has 3 heterocycles. The monoisotopic (exact) mass is 361 g/mol. The Hall–Kier alpha value is -1.85. The second-order valence-electron chi connectivity index (χ2n) is 7.10. The summed E-state index contributed by atoms with van der Waals surface area (Å²) in [5, 5.41) is 6.65. The fraction of sp³-hybridized carbons (Fsp3) is 0.474. The number of anilines is 1. The van der Waals surface area contributed by atoms with Crippen molar-refractivity contribution in [3.8, 4) is 11.5 Å². The van der Waals surface area contributed by atoms with Crippen LogP contribution in [0, 0.1) is 12.8 Å². The highest BCUT2D eigenvalue weighted by Crippen LogP contribution is 2.33. The number of halogens is 1. The van der Waals surface area contributed by atoms with E-state index in [0.717, 1.165) is 29.8 Å². The van der Waals surface area contributed by atoms with Gasteiger partial charge in [0.25, 0.3) is 0 Å². The van der Waals surface area contributed by atoms with Crippen LogP contribution in [0.2, 0.25) is 0 Å². The summed E-state index contributed by atoms with van der Waals surface area (Å²) in [6.45, 7) is 1.89. The van der Waals surface area contributed by atoms with Crippen molar-refractivity contribution in [1.29, 1.82) is 0 Å². The van der Waals surface area contributed by atoms with Gasteiger partial charge in [-0.15, -0.1) is 12.4 Å². The lowest BCUT2D eigenvalue weighted by atomic mass is 9.89. The fourth-order valence-electron chi connectivity index (χ4n) is 4.03. The third-order valence-corrected chi connectivity index (χ3v) is 5.06. The number of rotatable bonds is 4. The summed E-state index contributed by atoms with van der Waals surface area (Å²) in [7, 11) is 0. The molecular formula is C19H24ClN3O2. The van der Waals surface area contributed by atoms with E-state index in [-0.39, 0.29) is 18.3 Å². The van der Waals surface area contributed by atoms with E-state index in [2.05, 4.69) is 15.6 Å². The van der Waals surface area contributed by atoms with Crippen molar-refractivity contribution < 1.29 is 9.21 Å². The van der Waals surface area contributed by atoms with Crippen molar-refractivity contribution >= 4 is 24.0 Å². The maximum atomic E-state index is 12.4. The minimum absolute atomic E-state index is 0. The zero-order valence-corrected chi connectivity index (χ0v) is 15.1. The highest BCUT2D eigenvalue weighted by molar-refractivity contribution is 5.91. The van der Waals surface area contributed by atoms with Gasteiger partial charge in [-0.2, -0.15) is 0 Å². The third-order valence-electron chi connectivity index (χ3n) is 5.06. The lowest BCUT2D eigenvalue weighted by Crippen LogP contribution is -2.39. The number of nitrogens with zero attached hydrogens (tertiary/aromatic N) is 1. The predicted molar refractivity (Wildman–Crippen MR) is 99.8 cm³/mol. The van der Waals surface area contributed by atoms with Crippen LogP contribution >= 0.6 is 12.4 Å². The standard InChI is InChI=1S/C19H23N3O2.ClH/c1-12-11-24-19(20-12)14-3-2-4-15(10-14)22-18(23)9-13-7-16-5-6-17(8-13)21-16;/h2-4,10-11,13,16-17,21H,5-9H2,1H3,(H,22,23);1H. The molecule has 0 spiro atoms. The van der Waals surface area contributed by atoms with Gasteiger partial charge >= 0.3 is 0 Å². The Morgan fingerprint density at radius 3 is 2.76 bits per heavy atom. The van der Waals surface area contributed by atoms with Crippen molar-refractivity contribution in [2.45, 2.75) is 51.1 Å². The maximum absolute atomic E-state index is 12.4. The second-order valence-corrected chi connectivity index (χ2v) is 7.10. The second kappa shape index (κ2) is 7.58. The molecule has 2 fully saturated rings. The normalized spacial score (nSPS) is 24.6. The van der Waals surface area contributed by atoms with Crippen molar-refractivity contribution in [3.63, 3.8) is 0 Å². The Morgan fingerprint density at radius 2 is 2.08 bits per heavy atom. The van der Waals surface area contributed by atoms with E-state index in [0.29, 0.717) is 30.3 Å². The Labute approximate surface area is 154 Å². The van der Waals surface area contributed by atoms with Gasteiger partial charge in [-0.25, -0.2) is 4.98 Å². The Balaban J connectivity index is 0.00000182. The Morgan fingerprint density at radius 1 is 1.32 bits per heavy atom. The quantitative estimate of drug-likeness (QED) is 0.865. The summed E-state index contributed by atoms with van der Waals surface area (Å²) < 4.78 is 5.43. The van der Waals surface area contributed by atoms with Crippen LogP contribution in [-0.4, -0.2) is 23.0 Å². The Kier molecular flexibility index (Phi) is 5.45. The molecule has 4 rings (SSSR count). The van der Waals surface area contributed by atoms with Gasteiger partial charge < -0.3 is 15.1 Å². The molecule has 5 nitrogen and oxygen atoms in total. The van der Waals surface area contributed by atoms with E-state index in [4.69, 9.17) is 4.42 Å². The van der Waals surface area contributed by atoms with Gasteiger partial charge in [-0.1, -0.05) is 6.07 Å². The number of hydrogen-bond acceptors (Lipinski definition) is 4. The minimum atomic E-state index is 0. The van der Waals surface area contributed by atoms with E-state index in [1.807, 2.05) is 31.2 Å². The molecule has 2 aliphatic heterocycles. The van der Waals surface area contributed by atoms with E-state index in [9.17, 15) is 4.79 Å². The van der Waals surface area contributed by atoms with Crippen LogP contribution in [0.15, 0.2) is 34.9 Å². The molecule has 1 aromatic heterocycles. The summed E-state index contributed by atoms with van der Waals surface area (Å²) in [6, 6.07) is 8.91. The van der Waals surface area contributed by atoms with Crippen LogP contribution in [0.5, 0.6) is 0 Å². The number of carbonyl (C=O) groups is 1. The highest BCUT2D eigenvalue weighted by atomic mass is 35.5. The Bertz CT molecular complexity index is 734. The molecule has 0 aliphatic carbocycles. The molecule has 0 radical (unpaired) electrons. The van der Waals surface area contributed by atoms with Crippen LogP contribution < -0.4 is 10.6 Å². The smallest absolute Gasteiger partial charge is 0.226 e. The molecule has 0 saturated carbocycles. The summed E-state index contributed by atoms with van der Waals surface area (Å²) in [4.78, 5) is 16.7. The van der Waals surface area contributed by atoms with Gasteiger partial charge in [0.05, 0.1) is 5.69 Å². The van der Waals surface area contributed by atoms with Crippen LogP contribution in [0.25, 0.3) is 11.5 Å². The molecule has 1 amide bonds. The van der Waals surface area contributed by atoms with Crippen molar-refractivity contribution in [3.05, 3.63) is 36.2 Å². The van der Waals surface area contributed by atoms with Gasteiger partial charge in [-0.3, -0.25) is 4.79 Å². The first-order chi connectivity index (χ1) is 11.7. The molecular weight excluding hydrogens is 338 g/mol. The summed E-state index contributed by atoms with van der Waals surface area (Å²) >= 11 is 0. The number of hydrogen-bond donors (Lipinski definition) is 2. The minimum Gasteiger partial charge on any atom is -0.444 e. The lowest BCUT2D eigenvalue weighted by Gasteiger charge is -2.28.